The highest BCUT2D eigenvalue weighted by Crippen LogP contribution is 2.26. The molecule has 0 saturated heterocycles. The Balaban J connectivity index is 2.01. The molecule has 0 unspecified atom stereocenters. The number of nitro benzene ring substituents is 1. The molecule has 2 amide bonds. The molecule has 10 nitrogen and oxygen atoms in total. The second-order valence-electron chi connectivity index (χ2n) is 9.07. The Morgan fingerprint density at radius 2 is 1.70 bits per heavy atom. The van der Waals surface area contributed by atoms with E-state index in [0.717, 1.165) is 17.1 Å². The van der Waals surface area contributed by atoms with Crippen LogP contribution in [0.1, 0.15) is 32.3 Å². The third-order valence-corrected chi connectivity index (χ3v) is 8.22. The number of hydrogen-bond acceptors (Lipinski definition) is 6. The molecule has 1 atom stereocenters. The predicted octanol–water partition coefficient (Wildman–Crippen LogP) is 4.78. The Hall–Kier alpha value is -3.96. The van der Waals surface area contributed by atoms with Gasteiger partial charge in [0, 0.05) is 30.2 Å². The Kier molecular flexibility index (Phi) is 10.6. The van der Waals surface area contributed by atoms with Crippen molar-refractivity contribution < 1.29 is 22.9 Å². The lowest BCUT2D eigenvalue weighted by Crippen LogP contribution is -2.51. The van der Waals surface area contributed by atoms with E-state index in [4.69, 9.17) is 11.6 Å². The fraction of sp³-hybridized carbons (Fsp3) is 0.286. The van der Waals surface area contributed by atoms with Crippen LogP contribution in [-0.4, -0.2) is 49.2 Å². The van der Waals surface area contributed by atoms with E-state index in [1.165, 1.54) is 41.3 Å². The SMILES string of the molecule is CCCCNC(=O)[C@@H](C)N(Cc1cccc(Cl)c1)C(=O)CN(c1ccc([N+](=O)[O-])cc1)S(=O)(=O)c1ccccc1. The first-order valence-electron chi connectivity index (χ1n) is 12.7. The highest BCUT2D eigenvalue weighted by molar-refractivity contribution is 7.92. The Morgan fingerprint density at radius 1 is 1.02 bits per heavy atom. The highest BCUT2D eigenvalue weighted by atomic mass is 35.5. The average Bonchev–Trinajstić information content (AvgIpc) is 2.94. The van der Waals surface area contributed by atoms with Crippen LogP contribution in [0, 0.1) is 10.1 Å². The summed E-state index contributed by atoms with van der Waals surface area (Å²) in [5.41, 5.74) is 0.486. The first-order chi connectivity index (χ1) is 19.0. The van der Waals surface area contributed by atoms with E-state index in [1.807, 2.05) is 6.92 Å². The highest BCUT2D eigenvalue weighted by Gasteiger charge is 2.32. The zero-order valence-corrected chi connectivity index (χ0v) is 23.8. The molecule has 0 aliphatic heterocycles. The summed E-state index contributed by atoms with van der Waals surface area (Å²) in [5.74, 6) is -1.02. The van der Waals surface area contributed by atoms with Crippen molar-refractivity contribution in [3.63, 3.8) is 0 Å². The topological polar surface area (TPSA) is 130 Å². The number of anilines is 1. The van der Waals surface area contributed by atoms with Gasteiger partial charge in [0.15, 0.2) is 0 Å². The van der Waals surface area contributed by atoms with Crippen LogP contribution in [0.4, 0.5) is 11.4 Å². The average molecular weight is 587 g/mol. The summed E-state index contributed by atoms with van der Waals surface area (Å²) in [4.78, 5) is 38.6. The summed E-state index contributed by atoms with van der Waals surface area (Å²) < 4.78 is 28.3. The van der Waals surface area contributed by atoms with Gasteiger partial charge in [-0.05, 0) is 55.3 Å². The van der Waals surface area contributed by atoms with Gasteiger partial charge in [-0.1, -0.05) is 55.3 Å². The number of amides is 2. The fourth-order valence-electron chi connectivity index (χ4n) is 3.94. The summed E-state index contributed by atoms with van der Waals surface area (Å²) in [5, 5.41) is 14.4. The number of sulfonamides is 1. The number of unbranched alkanes of at least 4 members (excludes halogenated alkanes) is 1. The Labute approximate surface area is 238 Å². The van der Waals surface area contributed by atoms with Gasteiger partial charge in [0.05, 0.1) is 15.5 Å². The molecule has 1 N–H and O–H groups in total. The molecule has 0 radical (unpaired) electrons. The van der Waals surface area contributed by atoms with Gasteiger partial charge in [0.25, 0.3) is 15.7 Å². The molecule has 0 spiro atoms. The first kappa shape index (κ1) is 30.6. The maximum atomic E-state index is 13.8. The predicted molar refractivity (Wildman–Crippen MR) is 153 cm³/mol. The van der Waals surface area contributed by atoms with Crippen LogP contribution in [0.5, 0.6) is 0 Å². The van der Waals surface area contributed by atoms with E-state index in [0.29, 0.717) is 17.1 Å². The number of non-ortho nitro benzene ring substituents is 1. The van der Waals surface area contributed by atoms with Crippen molar-refractivity contribution in [2.24, 2.45) is 0 Å². The number of hydrogen-bond donors (Lipinski definition) is 1. The Morgan fingerprint density at radius 3 is 2.30 bits per heavy atom. The zero-order valence-electron chi connectivity index (χ0n) is 22.2. The van der Waals surface area contributed by atoms with E-state index < -0.39 is 33.4 Å². The van der Waals surface area contributed by atoms with Gasteiger partial charge in [-0.25, -0.2) is 8.42 Å². The monoisotopic (exact) mass is 586 g/mol. The number of benzene rings is 3. The molecule has 3 aromatic rings. The normalized spacial score (nSPS) is 11.9. The van der Waals surface area contributed by atoms with Crippen LogP contribution in [0.2, 0.25) is 5.02 Å². The summed E-state index contributed by atoms with van der Waals surface area (Å²) in [6.45, 7) is 3.36. The van der Waals surface area contributed by atoms with E-state index >= 15 is 0 Å². The summed E-state index contributed by atoms with van der Waals surface area (Å²) in [6.07, 6.45) is 1.64. The van der Waals surface area contributed by atoms with Gasteiger partial charge in [0.1, 0.15) is 12.6 Å². The number of nitro groups is 1. The molecule has 0 heterocycles. The minimum atomic E-state index is -4.26. The van der Waals surface area contributed by atoms with Gasteiger partial charge in [-0.15, -0.1) is 0 Å². The van der Waals surface area contributed by atoms with Crippen molar-refractivity contribution in [1.82, 2.24) is 10.2 Å². The number of carbonyl (C=O) groups excluding carboxylic acids is 2. The first-order valence-corrected chi connectivity index (χ1v) is 14.5. The van der Waals surface area contributed by atoms with Gasteiger partial charge < -0.3 is 10.2 Å². The van der Waals surface area contributed by atoms with Gasteiger partial charge in [-0.3, -0.25) is 24.0 Å². The number of carbonyl (C=O) groups is 2. The second-order valence-corrected chi connectivity index (χ2v) is 11.4. The summed E-state index contributed by atoms with van der Waals surface area (Å²) >= 11 is 6.14. The lowest BCUT2D eigenvalue weighted by molar-refractivity contribution is -0.384. The molecule has 0 fully saturated rings. The molecule has 0 bridgehead atoms. The minimum Gasteiger partial charge on any atom is -0.354 e. The smallest absolute Gasteiger partial charge is 0.269 e. The number of rotatable bonds is 13. The molecule has 0 aliphatic rings. The third-order valence-electron chi connectivity index (χ3n) is 6.20. The van der Waals surface area contributed by atoms with E-state index in [-0.39, 0.29) is 28.7 Å². The molecule has 0 aromatic heterocycles. The van der Waals surface area contributed by atoms with E-state index in [9.17, 15) is 28.1 Å². The van der Waals surface area contributed by atoms with E-state index in [2.05, 4.69) is 5.32 Å². The maximum absolute atomic E-state index is 13.8. The summed E-state index contributed by atoms with van der Waals surface area (Å²) in [6, 6.07) is 18.3. The number of nitrogens with one attached hydrogen (secondary N) is 1. The number of halogens is 1. The van der Waals surface area contributed by atoms with Crippen molar-refractivity contribution in [3.8, 4) is 0 Å². The minimum absolute atomic E-state index is 0.00123. The fourth-order valence-corrected chi connectivity index (χ4v) is 5.59. The van der Waals surface area contributed by atoms with Crippen molar-refractivity contribution in [1.29, 1.82) is 0 Å². The van der Waals surface area contributed by atoms with Crippen molar-refractivity contribution in [2.75, 3.05) is 17.4 Å². The lowest BCUT2D eigenvalue weighted by Gasteiger charge is -2.32. The van der Waals surface area contributed by atoms with Crippen molar-refractivity contribution in [2.45, 2.75) is 44.2 Å². The van der Waals surface area contributed by atoms with Gasteiger partial charge in [-0.2, -0.15) is 0 Å². The quantitative estimate of drug-likeness (QED) is 0.174. The van der Waals surface area contributed by atoms with E-state index in [1.54, 1.807) is 49.4 Å². The zero-order chi connectivity index (χ0) is 29.3. The molecule has 0 saturated carbocycles. The molecular formula is C28H31ClN4O6S. The van der Waals surface area contributed by atoms with Gasteiger partial charge >= 0.3 is 0 Å². The molecule has 12 heteroatoms. The standard InChI is InChI=1S/C28H31ClN4O6S/c1-3-4-17-30-28(35)21(2)31(19-22-9-8-10-23(29)18-22)27(34)20-32(24-13-15-25(16-14-24)33(36)37)40(38,39)26-11-6-5-7-12-26/h5-16,18,21H,3-4,17,19-20H2,1-2H3,(H,30,35)/t21-/m1/s1. The second kappa shape index (κ2) is 13.9. The van der Waals surface area contributed by atoms with Gasteiger partial charge in [0.2, 0.25) is 11.8 Å². The molecular weight excluding hydrogens is 556 g/mol. The van der Waals surface area contributed by atoms with Crippen molar-refractivity contribution >= 4 is 44.8 Å². The molecule has 0 aliphatic carbocycles. The third kappa shape index (κ3) is 7.80. The maximum Gasteiger partial charge on any atom is 0.269 e. The lowest BCUT2D eigenvalue weighted by atomic mass is 10.1. The largest absolute Gasteiger partial charge is 0.354 e. The van der Waals surface area contributed by atoms with Crippen LogP contribution in [0.15, 0.2) is 83.8 Å². The Bertz CT molecular complexity index is 1430. The molecule has 212 valence electrons. The van der Waals surface area contributed by atoms with Crippen LogP contribution in [0.25, 0.3) is 0 Å². The molecule has 3 rings (SSSR count). The summed E-state index contributed by atoms with van der Waals surface area (Å²) in [7, 11) is -4.26. The molecule has 3 aromatic carbocycles. The van der Waals surface area contributed by atoms with Crippen molar-refractivity contribution in [3.05, 3.63) is 99.6 Å². The number of nitrogens with zero attached hydrogens (tertiary/aromatic N) is 3. The van der Waals surface area contributed by atoms with Crippen LogP contribution in [0.3, 0.4) is 0 Å². The van der Waals surface area contributed by atoms with Crippen LogP contribution < -0.4 is 9.62 Å². The molecule has 40 heavy (non-hydrogen) atoms. The van der Waals surface area contributed by atoms with Crippen LogP contribution >= 0.6 is 11.6 Å². The van der Waals surface area contributed by atoms with Crippen LogP contribution in [-0.2, 0) is 26.2 Å².